The topological polar surface area (TPSA) is 88.7 Å². The molecule has 0 heterocycles. The molecule has 2 amide bonds. The van der Waals surface area contributed by atoms with Crippen LogP contribution in [0.4, 0.5) is 10.5 Å². The van der Waals surface area contributed by atoms with Crippen LogP contribution in [0.3, 0.4) is 0 Å². The molecule has 1 rings (SSSR count). The minimum absolute atomic E-state index is 0.190. The third-order valence-electron chi connectivity index (χ3n) is 2.86. The van der Waals surface area contributed by atoms with E-state index in [0.29, 0.717) is 31.8 Å². The lowest BCUT2D eigenvalue weighted by molar-refractivity contribution is 0.0526. The maximum absolute atomic E-state index is 12.0. The molecule has 0 saturated heterocycles. The van der Waals surface area contributed by atoms with Gasteiger partial charge in [-0.1, -0.05) is 0 Å². The van der Waals surface area contributed by atoms with Gasteiger partial charge in [0, 0.05) is 38.0 Å². The quantitative estimate of drug-likeness (QED) is 0.632. The second kappa shape index (κ2) is 9.77. The van der Waals surface area contributed by atoms with Gasteiger partial charge in [0.25, 0.3) is 5.91 Å². The van der Waals surface area contributed by atoms with Gasteiger partial charge < -0.3 is 25.4 Å². The Morgan fingerprint density at radius 2 is 1.62 bits per heavy atom. The van der Waals surface area contributed by atoms with Gasteiger partial charge in [-0.3, -0.25) is 4.79 Å². The summed E-state index contributed by atoms with van der Waals surface area (Å²) in [7, 11) is 1.65. The molecule has 0 unspecified atom stereocenters. The first-order chi connectivity index (χ1) is 11.3. The van der Waals surface area contributed by atoms with E-state index >= 15 is 0 Å². The number of hydrogen-bond acceptors (Lipinski definition) is 5. The highest BCUT2D eigenvalue weighted by molar-refractivity contribution is 5.94. The van der Waals surface area contributed by atoms with Crippen LogP contribution in [0.2, 0.25) is 0 Å². The number of anilines is 1. The lowest BCUT2D eigenvalue weighted by Gasteiger charge is -2.19. The molecule has 0 radical (unpaired) electrons. The van der Waals surface area contributed by atoms with Gasteiger partial charge in [-0.25, -0.2) is 4.79 Å². The first-order valence-electron chi connectivity index (χ1n) is 7.90. The summed E-state index contributed by atoms with van der Waals surface area (Å²) in [6.07, 6.45) is -0.497. The van der Waals surface area contributed by atoms with Crippen molar-refractivity contribution >= 4 is 17.7 Å². The number of methoxy groups -OCH3 is 1. The maximum atomic E-state index is 12.0. The van der Waals surface area contributed by atoms with Crippen LogP contribution in [0.15, 0.2) is 24.3 Å². The molecule has 0 aliphatic carbocycles. The fourth-order valence-electron chi connectivity index (χ4n) is 1.79. The lowest BCUT2D eigenvalue weighted by atomic mass is 10.2. The fraction of sp³-hybridized carbons (Fsp3) is 0.529. The van der Waals surface area contributed by atoms with Gasteiger partial charge in [0.2, 0.25) is 0 Å². The fourth-order valence-corrected chi connectivity index (χ4v) is 1.79. The number of alkyl carbamates (subject to hydrolysis) is 1. The summed E-state index contributed by atoms with van der Waals surface area (Å²) in [5.74, 6) is -0.190. The summed E-state index contributed by atoms with van der Waals surface area (Å²) in [6.45, 7) is 7.33. The zero-order valence-electron chi connectivity index (χ0n) is 14.8. The summed E-state index contributed by atoms with van der Waals surface area (Å²) >= 11 is 0. The minimum Gasteiger partial charge on any atom is -0.444 e. The standard InChI is InChI=1S/C17H27N3O4/c1-17(2,3)24-16(22)20-10-9-19-15(21)13-5-7-14(8-6-13)18-11-12-23-4/h5-8,18H,9-12H2,1-4H3,(H,19,21)(H,20,22). The van der Waals surface area contributed by atoms with Crippen LogP contribution in [0.1, 0.15) is 31.1 Å². The Labute approximate surface area is 143 Å². The molecule has 134 valence electrons. The number of benzene rings is 1. The van der Waals surface area contributed by atoms with Crippen molar-refractivity contribution in [2.75, 3.05) is 38.7 Å². The zero-order chi connectivity index (χ0) is 18.0. The Kier molecular flexibility index (Phi) is 8.05. The summed E-state index contributed by atoms with van der Waals surface area (Å²) in [4.78, 5) is 23.5. The third kappa shape index (κ3) is 8.38. The van der Waals surface area contributed by atoms with E-state index in [-0.39, 0.29) is 5.91 Å². The molecule has 7 nitrogen and oxygen atoms in total. The van der Waals surface area contributed by atoms with Gasteiger partial charge in [-0.15, -0.1) is 0 Å². The number of rotatable bonds is 8. The molecular weight excluding hydrogens is 310 g/mol. The highest BCUT2D eigenvalue weighted by atomic mass is 16.6. The van der Waals surface area contributed by atoms with Gasteiger partial charge in [0.1, 0.15) is 5.60 Å². The number of carbonyl (C=O) groups excluding carboxylic acids is 2. The van der Waals surface area contributed by atoms with Crippen molar-refractivity contribution in [3.8, 4) is 0 Å². The minimum atomic E-state index is -0.535. The number of ether oxygens (including phenoxy) is 2. The van der Waals surface area contributed by atoms with Crippen molar-refractivity contribution in [2.24, 2.45) is 0 Å². The van der Waals surface area contributed by atoms with Crippen LogP contribution < -0.4 is 16.0 Å². The Bertz CT molecular complexity index is 524. The highest BCUT2D eigenvalue weighted by Gasteiger charge is 2.15. The normalized spacial score (nSPS) is 10.8. The van der Waals surface area contributed by atoms with Crippen LogP contribution in [0.5, 0.6) is 0 Å². The highest BCUT2D eigenvalue weighted by Crippen LogP contribution is 2.09. The van der Waals surface area contributed by atoms with Crippen LogP contribution in [-0.2, 0) is 9.47 Å². The number of amides is 2. The smallest absolute Gasteiger partial charge is 0.407 e. The summed E-state index contributed by atoms with van der Waals surface area (Å²) < 4.78 is 10.1. The predicted octanol–water partition coefficient (Wildman–Crippen LogP) is 2.00. The van der Waals surface area contributed by atoms with Crippen LogP contribution in [-0.4, -0.2) is 51.0 Å². The second-order valence-electron chi connectivity index (χ2n) is 6.18. The van der Waals surface area contributed by atoms with Crippen molar-refractivity contribution in [2.45, 2.75) is 26.4 Å². The van der Waals surface area contributed by atoms with E-state index in [2.05, 4.69) is 16.0 Å². The van der Waals surface area contributed by atoms with Crippen molar-refractivity contribution in [1.82, 2.24) is 10.6 Å². The van der Waals surface area contributed by atoms with Crippen LogP contribution >= 0.6 is 0 Å². The number of nitrogens with one attached hydrogen (secondary N) is 3. The zero-order valence-corrected chi connectivity index (χ0v) is 14.8. The van der Waals surface area contributed by atoms with Crippen molar-refractivity contribution in [3.05, 3.63) is 29.8 Å². The van der Waals surface area contributed by atoms with E-state index in [9.17, 15) is 9.59 Å². The largest absolute Gasteiger partial charge is 0.444 e. The summed E-state index contributed by atoms with van der Waals surface area (Å²) in [6, 6.07) is 7.16. The third-order valence-corrected chi connectivity index (χ3v) is 2.86. The first kappa shape index (κ1) is 19.8. The van der Waals surface area contributed by atoms with E-state index in [1.807, 2.05) is 12.1 Å². The molecular formula is C17H27N3O4. The molecule has 1 aromatic rings. The molecule has 7 heteroatoms. The van der Waals surface area contributed by atoms with E-state index in [1.54, 1.807) is 40.0 Å². The van der Waals surface area contributed by atoms with E-state index in [4.69, 9.17) is 9.47 Å². The Morgan fingerprint density at radius 1 is 1.00 bits per heavy atom. The Balaban J connectivity index is 2.29. The summed E-state index contributed by atoms with van der Waals surface area (Å²) in [5, 5.41) is 8.50. The predicted molar refractivity (Wildman–Crippen MR) is 93.4 cm³/mol. The molecule has 0 spiro atoms. The van der Waals surface area contributed by atoms with Crippen molar-refractivity contribution in [1.29, 1.82) is 0 Å². The van der Waals surface area contributed by atoms with E-state index < -0.39 is 11.7 Å². The molecule has 0 aliphatic heterocycles. The Hall–Kier alpha value is -2.28. The molecule has 3 N–H and O–H groups in total. The average molecular weight is 337 g/mol. The number of hydrogen-bond donors (Lipinski definition) is 3. The average Bonchev–Trinajstić information content (AvgIpc) is 2.50. The second-order valence-corrected chi connectivity index (χ2v) is 6.18. The van der Waals surface area contributed by atoms with Crippen molar-refractivity contribution in [3.63, 3.8) is 0 Å². The van der Waals surface area contributed by atoms with Crippen molar-refractivity contribution < 1.29 is 19.1 Å². The molecule has 0 bridgehead atoms. The molecule has 1 aromatic carbocycles. The van der Waals surface area contributed by atoms with Gasteiger partial charge in [-0.2, -0.15) is 0 Å². The van der Waals surface area contributed by atoms with E-state index in [1.165, 1.54) is 0 Å². The molecule has 0 fully saturated rings. The van der Waals surface area contributed by atoms with Gasteiger partial charge in [0.05, 0.1) is 6.61 Å². The van der Waals surface area contributed by atoms with Crippen LogP contribution in [0.25, 0.3) is 0 Å². The molecule has 0 saturated carbocycles. The van der Waals surface area contributed by atoms with Gasteiger partial charge >= 0.3 is 6.09 Å². The first-order valence-corrected chi connectivity index (χ1v) is 7.90. The van der Waals surface area contributed by atoms with Gasteiger partial charge in [-0.05, 0) is 45.0 Å². The number of carbonyl (C=O) groups is 2. The van der Waals surface area contributed by atoms with E-state index in [0.717, 1.165) is 5.69 Å². The molecule has 0 aromatic heterocycles. The maximum Gasteiger partial charge on any atom is 0.407 e. The SMILES string of the molecule is COCCNc1ccc(C(=O)NCCNC(=O)OC(C)(C)C)cc1. The van der Waals surface area contributed by atoms with Crippen LogP contribution in [0, 0.1) is 0 Å². The molecule has 0 aliphatic rings. The monoisotopic (exact) mass is 337 g/mol. The van der Waals surface area contributed by atoms with Gasteiger partial charge in [0.15, 0.2) is 0 Å². The lowest BCUT2D eigenvalue weighted by Crippen LogP contribution is -2.37. The Morgan fingerprint density at radius 3 is 2.21 bits per heavy atom. The molecule has 0 atom stereocenters. The molecule has 24 heavy (non-hydrogen) atoms. The summed E-state index contributed by atoms with van der Waals surface area (Å²) in [5.41, 5.74) is 0.951.